The molecule has 0 saturated carbocycles. The number of hydrogen-bond acceptors (Lipinski definition) is 4. The molecule has 2 amide bonds. The van der Waals surface area contributed by atoms with Crippen molar-refractivity contribution in [3.63, 3.8) is 0 Å². The number of carbonyl (C=O) groups excluding carboxylic acids is 2. The van der Waals surface area contributed by atoms with Crippen molar-refractivity contribution in [3.8, 4) is 0 Å². The molecule has 0 unspecified atom stereocenters. The van der Waals surface area contributed by atoms with Crippen LogP contribution in [-0.2, 0) is 0 Å². The van der Waals surface area contributed by atoms with Crippen molar-refractivity contribution >= 4 is 11.8 Å². The number of nitrogens with zero attached hydrogens (tertiary/aromatic N) is 2. The maximum Gasteiger partial charge on any atom is 0.259 e. The predicted octanol–water partition coefficient (Wildman–Crippen LogP) is 3.55. The summed E-state index contributed by atoms with van der Waals surface area (Å²) < 4.78 is 7.01. The summed E-state index contributed by atoms with van der Waals surface area (Å²) in [5, 5.41) is 2.76. The lowest BCUT2D eigenvalue weighted by atomic mass is 10.1. The summed E-state index contributed by atoms with van der Waals surface area (Å²) in [7, 11) is 0. The highest BCUT2D eigenvalue weighted by Crippen LogP contribution is 2.14. The maximum absolute atomic E-state index is 13.0. The molecule has 1 atom stereocenters. The molecule has 0 radical (unpaired) electrons. The van der Waals surface area contributed by atoms with E-state index in [2.05, 4.69) is 11.9 Å². The number of amides is 2. The Morgan fingerprint density at radius 1 is 1.24 bits per heavy atom. The van der Waals surface area contributed by atoms with Gasteiger partial charge in [-0.25, -0.2) is 0 Å². The molecule has 0 aliphatic rings. The molecule has 0 bridgehead atoms. The zero-order valence-electron chi connectivity index (χ0n) is 17.7. The van der Waals surface area contributed by atoms with Crippen molar-refractivity contribution in [2.75, 3.05) is 13.1 Å². The summed E-state index contributed by atoms with van der Waals surface area (Å²) in [4.78, 5) is 40.4. The van der Waals surface area contributed by atoms with Gasteiger partial charge in [-0.1, -0.05) is 12.2 Å². The van der Waals surface area contributed by atoms with Gasteiger partial charge in [0.15, 0.2) is 0 Å². The summed E-state index contributed by atoms with van der Waals surface area (Å²) >= 11 is 0. The van der Waals surface area contributed by atoms with Crippen LogP contribution in [0.2, 0.25) is 0 Å². The second kappa shape index (κ2) is 9.41. The molecule has 7 heteroatoms. The van der Waals surface area contributed by atoms with Crippen LogP contribution in [0.5, 0.6) is 0 Å². The second-order valence-electron chi connectivity index (χ2n) is 7.44. The fourth-order valence-electron chi connectivity index (χ4n) is 2.92. The minimum absolute atomic E-state index is 0.0277. The monoisotopic (exact) mass is 399 g/mol. The third-order valence-corrected chi connectivity index (χ3v) is 4.56. The van der Waals surface area contributed by atoms with E-state index in [-0.39, 0.29) is 17.2 Å². The molecule has 2 rings (SSSR count). The van der Waals surface area contributed by atoms with E-state index in [1.165, 1.54) is 23.6 Å². The number of likely N-dealkylation sites (N-methyl/N-ethyl adjacent to an activating group) is 1. The Morgan fingerprint density at radius 2 is 1.90 bits per heavy atom. The van der Waals surface area contributed by atoms with Gasteiger partial charge in [-0.2, -0.15) is 0 Å². The number of aromatic nitrogens is 1. The summed E-state index contributed by atoms with van der Waals surface area (Å²) in [5.74, 6) is -0.386. The molecule has 0 aliphatic carbocycles. The summed E-state index contributed by atoms with van der Waals surface area (Å²) in [5.41, 5.74) is 0.121. The van der Waals surface area contributed by atoms with Crippen molar-refractivity contribution in [2.45, 2.75) is 46.7 Å². The molecular weight excluding hydrogens is 370 g/mol. The van der Waals surface area contributed by atoms with Crippen LogP contribution in [0.1, 0.15) is 73.2 Å². The number of nitrogens with one attached hydrogen (secondary N) is 1. The molecule has 2 heterocycles. The normalized spacial score (nSPS) is 11.9. The first-order valence-corrected chi connectivity index (χ1v) is 9.69. The molecule has 2 aromatic rings. The highest BCUT2D eigenvalue weighted by atomic mass is 16.3. The highest BCUT2D eigenvalue weighted by molar-refractivity contribution is 5.99. The maximum atomic E-state index is 13.0. The summed E-state index contributed by atoms with van der Waals surface area (Å²) in [6, 6.07) is 3.02. The van der Waals surface area contributed by atoms with Gasteiger partial charge in [-0.3, -0.25) is 14.4 Å². The van der Waals surface area contributed by atoms with Crippen LogP contribution in [-0.4, -0.2) is 34.4 Å². The minimum Gasteiger partial charge on any atom is -0.467 e. The lowest BCUT2D eigenvalue weighted by molar-refractivity contribution is 0.0776. The van der Waals surface area contributed by atoms with Crippen LogP contribution >= 0.6 is 0 Å². The quantitative estimate of drug-likeness (QED) is 0.688. The Labute approximate surface area is 171 Å². The first-order chi connectivity index (χ1) is 13.6. The standard InChI is InChI=1S/C22H29N3O4/c1-7-24(11-14(2)3)22(28)18-13-25(15(4)5)12-17(20(18)26)21(27)23-16(6)19-9-8-10-29-19/h8-10,12-13,15-16H,2,7,11H2,1,3-6H3,(H,23,27)/t16-/m1/s1. The lowest BCUT2D eigenvalue weighted by Crippen LogP contribution is -2.39. The van der Waals surface area contributed by atoms with E-state index in [1.54, 1.807) is 23.6 Å². The molecule has 7 nitrogen and oxygen atoms in total. The Kier molecular flexibility index (Phi) is 7.20. The van der Waals surface area contributed by atoms with Crippen LogP contribution in [0.25, 0.3) is 0 Å². The molecule has 0 spiro atoms. The molecular formula is C22H29N3O4. The van der Waals surface area contributed by atoms with E-state index in [0.717, 1.165) is 5.57 Å². The Balaban J connectivity index is 2.45. The molecule has 2 aromatic heterocycles. The Hall–Kier alpha value is -3.09. The van der Waals surface area contributed by atoms with E-state index < -0.39 is 23.3 Å². The largest absolute Gasteiger partial charge is 0.467 e. The molecule has 29 heavy (non-hydrogen) atoms. The highest BCUT2D eigenvalue weighted by Gasteiger charge is 2.24. The van der Waals surface area contributed by atoms with Crippen LogP contribution in [0.3, 0.4) is 0 Å². The minimum atomic E-state index is -0.587. The molecule has 0 fully saturated rings. The van der Waals surface area contributed by atoms with E-state index >= 15 is 0 Å². The SMILES string of the molecule is C=C(C)CN(CC)C(=O)c1cn(C(C)C)cc(C(=O)N[C@H](C)c2ccco2)c1=O. The fraction of sp³-hybridized carbons (Fsp3) is 0.409. The van der Waals surface area contributed by atoms with Crippen LogP contribution in [0.4, 0.5) is 0 Å². The van der Waals surface area contributed by atoms with Gasteiger partial charge < -0.3 is 19.2 Å². The molecule has 0 aliphatic heterocycles. The van der Waals surface area contributed by atoms with Crippen LogP contribution in [0.15, 0.2) is 52.2 Å². The Morgan fingerprint density at radius 3 is 2.41 bits per heavy atom. The fourth-order valence-corrected chi connectivity index (χ4v) is 2.92. The third-order valence-electron chi connectivity index (χ3n) is 4.56. The topological polar surface area (TPSA) is 84.6 Å². The van der Waals surface area contributed by atoms with Gasteiger partial charge >= 0.3 is 0 Å². The first-order valence-electron chi connectivity index (χ1n) is 9.69. The first kappa shape index (κ1) is 22.2. The Bertz CT molecular complexity index is 941. The summed E-state index contributed by atoms with van der Waals surface area (Å²) in [6.07, 6.45) is 4.52. The molecule has 0 aromatic carbocycles. The molecule has 1 N–H and O–H groups in total. The number of pyridine rings is 1. The van der Waals surface area contributed by atoms with E-state index in [4.69, 9.17) is 4.42 Å². The van der Waals surface area contributed by atoms with Crippen molar-refractivity contribution in [2.24, 2.45) is 0 Å². The van der Waals surface area contributed by atoms with Gasteiger partial charge in [0.2, 0.25) is 5.43 Å². The van der Waals surface area contributed by atoms with Crippen molar-refractivity contribution < 1.29 is 14.0 Å². The average molecular weight is 399 g/mol. The van der Waals surface area contributed by atoms with Crippen molar-refractivity contribution in [1.82, 2.24) is 14.8 Å². The number of hydrogen-bond donors (Lipinski definition) is 1. The summed E-state index contributed by atoms with van der Waals surface area (Å²) in [6.45, 7) is 13.9. The van der Waals surface area contributed by atoms with Crippen LogP contribution < -0.4 is 10.7 Å². The smallest absolute Gasteiger partial charge is 0.259 e. The van der Waals surface area contributed by atoms with E-state index in [0.29, 0.717) is 18.8 Å². The number of carbonyl (C=O) groups is 2. The predicted molar refractivity (Wildman–Crippen MR) is 112 cm³/mol. The van der Waals surface area contributed by atoms with Gasteiger partial charge in [0.25, 0.3) is 11.8 Å². The van der Waals surface area contributed by atoms with Gasteiger partial charge in [0, 0.05) is 31.5 Å². The third kappa shape index (κ3) is 5.25. The second-order valence-corrected chi connectivity index (χ2v) is 7.44. The van der Waals surface area contributed by atoms with Crippen LogP contribution in [0, 0.1) is 0 Å². The van der Waals surface area contributed by atoms with Gasteiger partial charge in [-0.05, 0) is 46.8 Å². The van der Waals surface area contributed by atoms with Gasteiger partial charge in [0.05, 0.1) is 12.3 Å². The number of furan rings is 1. The lowest BCUT2D eigenvalue weighted by Gasteiger charge is -2.22. The average Bonchev–Trinajstić information content (AvgIpc) is 3.20. The zero-order chi connectivity index (χ0) is 21.7. The van der Waals surface area contributed by atoms with Gasteiger partial charge in [-0.15, -0.1) is 0 Å². The zero-order valence-corrected chi connectivity index (χ0v) is 17.7. The van der Waals surface area contributed by atoms with Crippen molar-refractivity contribution in [3.05, 3.63) is 70.1 Å². The number of rotatable bonds is 8. The van der Waals surface area contributed by atoms with E-state index in [9.17, 15) is 14.4 Å². The molecule has 0 saturated heterocycles. The molecule has 156 valence electrons. The van der Waals surface area contributed by atoms with E-state index in [1.807, 2.05) is 27.7 Å². The van der Waals surface area contributed by atoms with Gasteiger partial charge in [0.1, 0.15) is 16.9 Å². The van der Waals surface area contributed by atoms with Crippen molar-refractivity contribution in [1.29, 1.82) is 0 Å².